The molecule has 1 saturated heterocycles. The Morgan fingerprint density at radius 3 is 2.77 bits per heavy atom. The average Bonchev–Trinajstić information content (AvgIpc) is 3.41. The van der Waals surface area contributed by atoms with E-state index in [4.69, 9.17) is 4.74 Å². The molecule has 4 aliphatic rings. The van der Waals surface area contributed by atoms with Crippen LogP contribution in [0.3, 0.4) is 0 Å². The lowest BCUT2D eigenvalue weighted by Crippen LogP contribution is -2.31. The van der Waals surface area contributed by atoms with Crippen LogP contribution in [0, 0.1) is 35.0 Å². The van der Waals surface area contributed by atoms with Crippen LogP contribution in [0.25, 0.3) is 0 Å². The van der Waals surface area contributed by atoms with Crippen LogP contribution in [0.2, 0.25) is 0 Å². The summed E-state index contributed by atoms with van der Waals surface area (Å²) < 4.78 is 33.8. The van der Waals surface area contributed by atoms with Crippen LogP contribution in [-0.4, -0.2) is 24.9 Å². The van der Waals surface area contributed by atoms with E-state index in [-0.39, 0.29) is 11.0 Å². The predicted molar refractivity (Wildman–Crippen MR) is 157 cm³/mol. The first kappa shape index (κ1) is 30.7. The quantitative estimate of drug-likeness (QED) is 0.231. The van der Waals surface area contributed by atoms with Crippen LogP contribution in [0.4, 0.5) is 8.78 Å². The number of carbonyl (C=O) groups excluding carboxylic acids is 1. The van der Waals surface area contributed by atoms with Gasteiger partial charge in [-0.05, 0) is 105 Å². The fourth-order valence-electron chi connectivity index (χ4n) is 8.54. The Morgan fingerprint density at radius 2 is 2.03 bits per heavy atom. The van der Waals surface area contributed by atoms with Gasteiger partial charge < -0.3 is 4.74 Å². The maximum Gasteiger partial charge on any atom is 0.270 e. The highest BCUT2D eigenvalue weighted by Crippen LogP contribution is 2.59. The Hall–Kier alpha value is -1.29. The number of fused-ring (bicyclic) bond motifs is 1. The largest absolute Gasteiger partial charge is 0.381 e. The number of allylic oxidation sites excluding steroid dienone is 6. The minimum Gasteiger partial charge on any atom is -0.381 e. The summed E-state index contributed by atoms with van der Waals surface area (Å²) in [4.78, 5) is 13.8. The molecule has 4 rings (SSSR count). The molecule has 0 aromatic heterocycles. The highest BCUT2D eigenvalue weighted by atomic mass is 19.3. The molecule has 2 saturated carbocycles. The van der Waals surface area contributed by atoms with E-state index >= 15 is 0 Å². The second kappa shape index (κ2) is 13.6. The third-order valence-corrected chi connectivity index (χ3v) is 11.0. The molecular formula is C35H54F2O2. The molecule has 0 bridgehead atoms. The third kappa shape index (κ3) is 7.32. The van der Waals surface area contributed by atoms with E-state index in [1.165, 1.54) is 50.5 Å². The zero-order chi connectivity index (χ0) is 28.0. The highest BCUT2D eigenvalue weighted by Gasteiger charge is 2.54. The Balaban J connectivity index is 1.34. The van der Waals surface area contributed by atoms with Crippen LogP contribution in [0.5, 0.6) is 0 Å². The van der Waals surface area contributed by atoms with Crippen molar-refractivity contribution in [2.45, 2.75) is 130 Å². The molecule has 0 N–H and O–H groups in total. The van der Waals surface area contributed by atoms with E-state index in [1.807, 2.05) is 6.08 Å². The monoisotopic (exact) mass is 544 g/mol. The summed E-state index contributed by atoms with van der Waals surface area (Å²) in [6.07, 6.45) is 20.9. The van der Waals surface area contributed by atoms with Gasteiger partial charge >= 0.3 is 0 Å². The number of hydrogen-bond acceptors (Lipinski definition) is 2. The molecule has 0 aromatic rings. The molecule has 0 spiro atoms. The third-order valence-electron chi connectivity index (χ3n) is 11.0. The second-order valence-corrected chi connectivity index (χ2v) is 13.5. The van der Waals surface area contributed by atoms with Gasteiger partial charge in [0, 0.05) is 37.5 Å². The lowest BCUT2D eigenvalue weighted by molar-refractivity contribution is -0.130. The SMILES string of the molecule is CCCC1=C(CCCC(=O)C23CCCC2CC(C(C)CCC2CCOCC2CC)C3)CC=CC(C(C)(F)F)=C1. The molecule has 1 heterocycles. The summed E-state index contributed by atoms with van der Waals surface area (Å²) in [6.45, 7) is 9.70. The molecule has 0 radical (unpaired) electrons. The van der Waals surface area contributed by atoms with Crippen molar-refractivity contribution in [2.75, 3.05) is 13.2 Å². The van der Waals surface area contributed by atoms with Crippen molar-refractivity contribution in [1.82, 2.24) is 0 Å². The van der Waals surface area contributed by atoms with Crippen molar-refractivity contribution in [3.05, 3.63) is 34.9 Å². The first-order valence-electron chi connectivity index (χ1n) is 16.3. The molecule has 39 heavy (non-hydrogen) atoms. The van der Waals surface area contributed by atoms with Crippen LogP contribution in [0.15, 0.2) is 34.9 Å². The fraction of sp³-hybridized carbons (Fsp3) is 0.800. The minimum atomic E-state index is -2.82. The van der Waals surface area contributed by atoms with Crippen molar-refractivity contribution in [2.24, 2.45) is 35.0 Å². The number of rotatable bonds is 13. The highest BCUT2D eigenvalue weighted by molar-refractivity contribution is 5.86. The summed E-state index contributed by atoms with van der Waals surface area (Å²) in [7, 11) is 0. The Morgan fingerprint density at radius 1 is 1.21 bits per heavy atom. The number of carbonyl (C=O) groups is 1. The molecule has 3 aliphatic carbocycles. The van der Waals surface area contributed by atoms with Crippen molar-refractivity contribution >= 4 is 5.78 Å². The van der Waals surface area contributed by atoms with E-state index < -0.39 is 5.92 Å². The van der Waals surface area contributed by atoms with Crippen molar-refractivity contribution < 1.29 is 18.3 Å². The van der Waals surface area contributed by atoms with Gasteiger partial charge in [0.2, 0.25) is 0 Å². The van der Waals surface area contributed by atoms with Gasteiger partial charge in [-0.1, -0.05) is 64.2 Å². The number of Topliss-reactive ketones (excluding diaryl/α,β-unsaturated/α-hetero) is 1. The summed E-state index contributed by atoms with van der Waals surface area (Å²) in [5.74, 6) is 1.17. The van der Waals surface area contributed by atoms with Gasteiger partial charge in [-0.2, -0.15) is 0 Å². The summed E-state index contributed by atoms with van der Waals surface area (Å²) >= 11 is 0. The number of alkyl halides is 2. The van der Waals surface area contributed by atoms with Crippen LogP contribution in [-0.2, 0) is 9.53 Å². The van der Waals surface area contributed by atoms with Gasteiger partial charge in [-0.15, -0.1) is 0 Å². The van der Waals surface area contributed by atoms with E-state index in [0.29, 0.717) is 30.0 Å². The second-order valence-electron chi connectivity index (χ2n) is 13.5. The van der Waals surface area contributed by atoms with Gasteiger partial charge in [0.05, 0.1) is 0 Å². The topological polar surface area (TPSA) is 26.3 Å². The Kier molecular flexibility index (Phi) is 10.7. The minimum absolute atomic E-state index is 0.0785. The number of ketones is 1. The number of ether oxygens (including phenoxy) is 1. The zero-order valence-electron chi connectivity index (χ0n) is 25.2. The molecule has 0 amide bonds. The molecule has 220 valence electrons. The Bertz CT molecular complexity index is 925. The Labute approximate surface area is 237 Å². The van der Waals surface area contributed by atoms with Crippen LogP contribution >= 0.6 is 0 Å². The van der Waals surface area contributed by atoms with Gasteiger partial charge in [0.25, 0.3) is 5.92 Å². The lowest BCUT2D eigenvalue weighted by Gasteiger charge is -2.32. The van der Waals surface area contributed by atoms with Crippen LogP contribution in [0.1, 0.15) is 124 Å². The van der Waals surface area contributed by atoms with E-state index in [1.54, 1.807) is 12.2 Å². The average molecular weight is 545 g/mol. The fourth-order valence-corrected chi connectivity index (χ4v) is 8.54. The summed E-state index contributed by atoms with van der Waals surface area (Å²) in [6, 6.07) is 0. The molecule has 3 fully saturated rings. The molecule has 2 nitrogen and oxygen atoms in total. The summed E-state index contributed by atoms with van der Waals surface area (Å²) in [5, 5.41) is 0. The molecule has 6 unspecified atom stereocenters. The van der Waals surface area contributed by atoms with Crippen molar-refractivity contribution in [3.8, 4) is 0 Å². The molecule has 0 aromatic carbocycles. The molecule has 4 heteroatoms. The molecule has 6 atom stereocenters. The smallest absolute Gasteiger partial charge is 0.270 e. The standard InChI is InChI=1S/C35H54F2O2/c1-5-10-29-21-31(34(4,36)37)13-7-11-27(29)12-8-15-33(38)35-19-9-14-32(35)22-30(23-35)25(3)16-17-28-18-20-39-24-26(28)6-2/h7,13,21,25-26,28,30,32H,5-6,8-12,14-20,22-24H2,1-4H3. The van der Waals surface area contributed by atoms with Gasteiger partial charge in [0.1, 0.15) is 5.78 Å². The zero-order valence-corrected chi connectivity index (χ0v) is 25.2. The first-order chi connectivity index (χ1) is 18.7. The van der Waals surface area contributed by atoms with E-state index in [9.17, 15) is 13.6 Å². The first-order valence-corrected chi connectivity index (χ1v) is 16.3. The maximum absolute atomic E-state index is 14.1. The molecule has 1 aliphatic heterocycles. The van der Waals surface area contributed by atoms with Gasteiger partial charge in [-0.25, -0.2) is 8.78 Å². The van der Waals surface area contributed by atoms with Crippen molar-refractivity contribution in [3.63, 3.8) is 0 Å². The number of halogens is 2. The van der Waals surface area contributed by atoms with Gasteiger partial charge in [0.15, 0.2) is 0 Å². The van der Waals surface area contributed by atoms with E-state index in [2.05, 4.69) is 20.8 Å². The normalized spacial score (nSPS) is 32.2. The van der Waals surface area contributed by atoms with Gasteiger partial charge in [-0.3, -0.25) is 4.79 Å². The van der Waals surface area contributed by atoms with Crippen molar-refractivity contribution in [1.29, 1.82) is 0 Å². The predicted octanol–water partition coefficient (Wildman–Crippen LogP) is 10.0. The van der Waals surface area contributed by atoms with E-state index in [0.717, 1.165) is 82.5 Å². The summed E-state index contributed by atoms with van der Waals surface area (Å²) in [5.41, 5.74) is 2.34. The lowest BCUT2D eigenvalue weighted by atomic mass is 9.73. The van der Waals surface area contributed by atoms with Crippen LogP contribution < -0.4 is 0 Å². The number of hydrogen-bond donors (Lipinski definition) is 0. The maximum atomic E-state index is 14.1. The molecular weight excluding hydrogens is 490 g/mol.